The molecular formula is C7H5BO2. The summed E-state index contributed by atoms with van der Waals surface area (Å²) in [7, 11) is 0. The van der Waals surface area contributed by atoms with E-state index in [1.165, 1.54) is 0 Å². The number of benzene rings is 1. The summed E-state index contributed by atoms with van der Waals surface area (Å²) in [6.45, 7) is 1.59. The van der Waals surface area contributed by atoms with Gasteiger partial charge in [-0.3, -0.25) is 0 Å². The van der Waals surface area contributed by atoms with Gasteiger partial charge in [0.15, 0.2) is 0 Å². The van der Waals surface area contributed by atoms with Gasteiger partial charge in [0.1, 0.15) is 0 Å². The molecule has 1 aromatic heterocycles. The van der Waals surface area contributed by atoms with Gasteiger partial charge in [0.05, 0.1) is 0 Å². The van der Waals surface area contributed by atoms with Gasteiger partial charge >= 0.3 is 57.4 Å². The van der Waals surface area contributed by atoms with Gasteiger partial charge in [-0.15, -0.1) is 0 Å². The molecule has 0 saturated heterocycles. The normalized spacial score (nSPS) is 10.0. The summed E-state index contributed by atoms with van der Waals surface area (Å²) in [4.78, 5) is 0. The molecule has 0 fully saturated rings. The van der Waals surface area contributed by atoms with Crippen molar-refractivity contribution >= 4 is 17.8 Å². The minimum absolute atomic E-state index is 0.0267. The topological polar surface area (TPSA) is 33.4 Å². The third-order valence-electron chi connectivity index (χ3n) is 1.41. The zero-order valence-electron chi connectivity index (χ0n) is 5.24. The van der Waals surface area contributed by atoms with E-state index in [9.17, 15) is 0 Å². The first-order chi connectivity index (χ1) is 4.86. The molecule has 1 aromatic carbocycles. The Kier molecular flexibility index (Phi) is 1.03. The Balaban J connectivity index is 2.88. The molecule has 48 valence electrons. The summed E-state index contributed by atoms with van der Waals surface area (Å²) in [6.07, 6.45) is 0. The number of para-hydroxylation sites is 1. The third-order valence-corrected chi connectivity index (χ3v) is 1.41. The van der Waals surface area contributed by atoms with E-state index in [4.69, 9.17) is 9.52 Å². The zero-order chi connectivity index (χ0) is 6.97. The molecule has 1 N–H and O–H groups in total. The van der Waals surface area contributed by atoms with Gasteiger partial charge in [0, 0.05) is 0 Å². The second-order valence-electron chi connectivity index (χ2n) is 2.12. The van der Waals surface area contributed by atoms with Crippen molar-refractivity contribution in [3.8, 4) is 5.84 Å². The van der Waals surface area contributed by atoms with Gasteiger partial charge < -0.3 is 0 Å². The van der Waals surface area contributed by atoms with E-state index >= 15 is 0 Å². The van der Waals surface area contributed by atoms with Crippen molar-refractivity contribution < 1.29 is 9.52 Å². The van der Waals surface area contributed by atoms with Crippen molar-refractivity contribution in [1.82, 2.24) is 0 Å². The van der Waals surface area contributed by atoms with Gasteiger partial charge in [-0.1, -0.05) is 0 Å². The molecular weight excluding hydrogens is 127 g/mol. The maximum atomic E-state index is 8.89. The summed E-state index contributed by atoms with van der Waals surface area (Å²) < 4.78 is 4.92. The number of rotatable bonds is 0. The molecule has 2 aromatic rings. The van der Waals surface area contributed by atoms with Crippen LogP contribution < -0.4 is 0 Å². The van der Waals surface area contributed by atoms with Gasteiger partial charge in [-0.05, 0) is 0 Å². The molecule has 3 heteroatoms. The molecule has 2 rings (SSSR count). The second-order valence-corrected chi connectivity index (χ2v) is 2.12. The molecule has 10 heavy (non-hydrogen) atoms. The van der Waals surface area contributed by atoms with Crippen LogP contribution in [-0.2, 0) is 0 Å². The van der Waals surface area contributed by atoms with Gasteiger partial charge in [-0.2, -0.15) is 0 Å². The van der Waals surface area contributed by atoms with E-state index in [1.54, 1.807) is 6.91 Å². The molecule has 0 spiro atoms. The van der Waals surface area contributed by atoms with Gasteiger partial charge in [-0.25, -0.2) is 0 Å². The van der Waals surface area contributed by atoms with Crippen molar-refractivity contribution in [1.29, 1.82) is 0 Å². The zero-order valence-corrected chi connectivity index (χ0v) is 5.24. The van der Waals surface area contributed by atoms with Crippen LogP contribution in [0.4, 0.5) is 0 Å². The van der Waals surface area contributed by atoms with Crippen LogP contribution in [0, 0.1) is 0 Å². The third kappa shape index (κ3) is 0.710. The average Bonchev–Trinajstić information content (AvgIpc) is 2.27. The van der Waals surface area contributed by atoms with Crippen LogP contribution in [0.5, 0.6) is 5.84 Å². The van der Waals surface area contributed by atoms with Gasteiger partial charge in [0.2, 0.25) is 0 Å². The van der Waals surface area contributed by atoms with Crippen molar-refractivity contribution in [3.05, 3.63) is 24.3 Å². The summed E-state index contributed by atoms with van der Waals surface area (Å²) >= 11 is 0. The van der Waals surface area contributed by atoms with Crippen LogP contribution in [0.2, 0.25) is 0 Å². The molecule has 0 aliphatic rings. The quantitative estimate of drug-likeness (QED) is 0.588. The molecule has 0 radical (unpaired) electrons. The fraction of sp³-hybridized carbons (Fsp3) is 0. The maximum absolute atomic E-state index is 8.89. The molecule has 0 atom stereocenters. The first kappa shape index (κ1) is 5.53. The van der Waals surface area contributed by atoms with E-state index in [2.05, 4.69) is 0 Å². The molecule has 0 saturated carbocycles. The molecule has 0 aliphatic heterocycles. The fourth-order valence-corrected chi connectivity index (χ4v) is 0.968. The molecule has 0 aliphatic carbocycles. The molecule has 0 unspecified atom stereocenters. The monoisotopic (exact) mass is 132 g/mol. The van der Waals surface area contributed by atoms with Crippen molar-refractivity contribution in [2.45, 2.75) is 0 Å². The van der Waals surface area contributed by atoms with Crippen LogP contribution in [0.3, 0.4) is 0 Å². The van der Waals surface area contributed by atoms with Crippen molar-refractivity contribution in [3.63, 3.8) is 0 Å². The van der Waals surface area contributed by atoms with E-state index in [1.807, 2.05) is 24.3 Å². The Hall–Kier alpha value is -1.25. The fourth-order valence-electron chi connectivity index (χ4n) is 0.968. The van der Waals surface area contributed by atoms with Crippen LogP contribution in [0.15, 0.2) is 28.7 Å². The summed E-state index contributed by atoms with van der Waals surface area (Å²) in [5.74, 6) is -0.0267. The predicted molar refractivity (Wildman–Crippen MR) is 39.2 cm³/mol. The van der Waals surface area contributed by atoms with Crippen molar-refractivity contribution in [2.24, 2.45) is 0 Å². The van der Waals surface area contributed by atoms with Crippen LogP contribution >= 0.6 is 0 Å². The van der Waals surface area contributed by atoms with Crippen LogP contribution in [0.1, 0.15) is 0 Å². The van der Waals surface area contributed by atoms with E-state index in [0.717, 1.165) is 10.9 Å². The Morgan fingerprint density at radius 1 is 1.30 bits per heavy atom. The summed E-state index contributed by atoms with van der Waals surface area (Å²) in [5, 5.41) is 9.82. The Labute approximate surface area is 58.3 Å². The van der Waals surface area contributed by atoms with Crippen molar-refractivity contribution in [2.75, 3.05) is 0 Å². The second kappa shape index (κ2) is 1.87. The Bertz CT molecular complexity index is 320. The van der Waals surface area contributed by atoms with Crippen LogP contribution in [0.25, 0.3) is 10.9 Å². The summed E-state index contributed by atoms with van der Waals surface area (Å²) in [5.41, 5.74) is 0.722. The Morgan fingerprint density at radius 2 is 2.10 bits per heavy atom. The number of aromatic hydroxyl groups is 1. The Morgan fingerprint density at radius 3 is 2.90 bits per heavy atom. The van der Waals surface area contributed by atoms with E-state index in [0.29, 0.717) is 0 Å². The minimum atomic E-state index is -0.0267. The number of hydrogen-bond donors (Lipinski definition) is 1. The molecule has 0 bridgehead atoms. The standard InChI is InChI=1S/C7H5BO2/c9-7-8-5-3-1-2-4-6(5)10-7/h1-4,9H. The van der Waals surface area contributed by atoms with Crippen LogP contribution in [-0.4, -0.2) is 12.0 Å². The first-order valence-corrected chi connectivity index (χ1v) is 3.04. The first-order valence-electron chi connectivity index (χ1n) is 3.04. The van der Waals surface area contributed by atoms with E-state index < -0.39 is 0 Å². The molecule has 2 nitrogen and oxygen atoms in total. The molecule has 1 heterocycles. The average molecular weight is 132 g/mol. The number of fused-ring (bicyclic) bond motifs is 1. The SMILES string of the molecule is Oc1bc2ccccc2o1. The molecule has 0 amide bonds. The summed E-state index contributed by atoms with van der Waals surface area (Å²) in [6, 6.07) is 7.47. The predicted octanol–water partition coefficient (Wildman–Crippen LogP) is 1.48. The van der Waals surface area contributed by atoms with E-state index in [-0.39, 0.29) is 5.84 Å². The number of hydrogen-bond acceptors (Lipinski definition) is 2. The van der Waals surface area contributed by atoms with Gasteiger partial charge in [0.25, 0.3) is 0 Å².